The van der Waals surface area contributed by atoms with E-state index in [1.54, 1.807) is 13.8 Å². The molecule has 3 nitrogen and oxygen atoms in total. The van der Waals surface area contributed by atoms with Crippen LogP contribution in [0.2, 0.25) is 0 Å². The number of hydrogen-bond acceptors (Lipinski definition) is 3. The van der Waals surface area contributed by atoms with Gasteiger partial charge in [-0.1, -0.05) is 30.3 Å². The average Bonchev–Trinajstić information content (AvgIpc) is 2.27. The van der Waals surface area contributed by atoms with Crippen LogP contribution in [0.3, 0.4) is 0 Å². The van der Waals surface area contributed by atoms with Crippen LogP contribution in [-0.2, 0) is 16.0 Å². The predicted octanol–water partition coefficient (Wildman–Crippen LogP) is 2.32. The van der Waals surface area contributed by atoms with Crippen molar-refractivity contribution in [2.24, 2.45) is 0 Å². The van der Waals surface area contributed by atoms with E-state index in [2.05, 4.69) is 0 Å². The number of aryl methyl sites for hydroxylation is 1. The number of esters is 1. The van der Waals surface area contributed by atoms with Gasteiger partial charge in [-0.25, -0.2) is 0 Å². The maximum absolute atomic E-state index is 11.3. The summed E-state index contributed by atoms with van der Waals surface area (Å²) in [7, 11) is 0. The van der Waals surface area contributed by atoms with Gasteiger partial charge in [0.1, 0.15) is 0 Å². The van der Waals surface area contributed by atoms with E-state index in [0.717, 1.165) is 12.0 Å². The monoisotopic (exact) mass is 236 g/mol. The maximum Gasteiger partial charge on any atom is 0.308 e. The average molecular weight is 236 g/mol. The summed E-state index contributed by atoms with van der Waals surface area (Å²) in [5, 5.41) is 10.1. The van der Waals surface area contributed by atoms with Gasteiger partial charge in [0.15, 0.2) is 0 Å². The summed E-state index contributed by atoms with van der Waals surface area (Å²) in [6, 6.07) is 9.92. The topological polar surface area (TPSA) is 46.5 Å². The number of benzene rings is 1. The highest BCUT2D eigenvalue weighted by molar-refractivity contribution is 5.70. The third kappa shape index (κ3) is 5.50. The molecule has 0 aliphatic carbocycles. The van der Waals surface area contributed by atoms with Crippen molar-refractivity contribution in [3.05, 3.63) is 35.9 Å². The molecule has 1 N–H and O–H groups in total. The highest BCUT2D eigenvalue weighted by Gasteiger charge is 2.24. The van der Waals surface area contributed by atoms with Crippen LogP contribution in [0.1, 0.15) is 32.3 Å². The van der Waals surface area contributed by atoms with Crippen molar-refractivity contribution in [1.82, 2.24) is 0 Å². The third-order valence-electron chi connectivity index (χ3n) is 2.63. The highest BCUT2D eigenvalue weighted by atomic mass is 16.5. The smallest absolute Gasteiger partial charge is 0.308 e. The lowest BCUT2D eigenvalue weighted by Gasteiger charge is -2.22. The Morgan fingerprint density at radius 2 is 2.00 bits per heavy atom. The van der Waals surface area contributed by atoms with Crippen LogP contribution in [-0.4, -0.2) is 23.3 Å². The van der Waals surface area contributed by atoms with E-state index >= 15 is 0 Å². The summed E-state index contributed by atoms with van der Waals surface area (Å²) >= 11 is 0. The van der Waals surface area contributed by atoms with E-state index < -0.39 is 5.60 Å². The quantitative estimate of drug-likeness (QED) is 0.771. The first kappa shape index (κ1) is 13.7. The minimum absolute atomic E-state index is 0.0493. The molecule has 0 bridgehead atoms. The summed E-state index contributed by atoms with van der Waals surface area (Å²) in [6.45, 7) is 3.79. The van der Waals surface area contributed by atoms with Crippen LogP contribution >= 0.6 is 0 Å². The van der Waals surface area contributed by atoms with E-state index in [1.807, 2.05) is 30.3 Å². The lowest BCUT2D eigenvalue weighted by atomic mass is 9.94. The van der Waals surface area contributed by atoms with E-state index in [0.29, 0.717) is 13.0 Å². The van der Waals surface area contributed by atoms with Gasteiger partial charge in [-0.05, 0) is 32.3 Å². The molecule has 0 spiro atoms. The van der Waals surface area contributed by atoms with Crippen molar-refractivity contribution >= 4 is 5.97 Å². The van der Waals surface area contributed by atoms with Crippen LogP contribution in [0.25, 0.3) is 0 Å². The van der Waals surface area contributed by atoms with Crippen LogP contribution in [0.5, 0.6) is 0 Å². The Kier molecular flexibility index (Phi) is 5.16. The fourth-order valence-electron chi connectivity index (χ4n) is 1.67. The fourth-order valence-corrected chi connectivity index (χ4v) is 1.67. The Morgan fingerprint density at radius 1 is 1.35 bits per heavy atom. The number of carbonyl (C=O) groups is 1. The van der Waals surface area contributed by atoms with Crippen LogP contribution in [0.4, 0.5) is 0 Å². The normalized spacial score (nSPS) is 14.1. The van der Waals surface area contributed by atoms with Gasteiger partial charge in [0.05, 0.1) is 18.6 Å². The number of rotatable bonds is 6. The molecule has 0 aromatic heterocycles. The van der Waals surface area contributed by atoms with Crippen LogP contribution in [0.15, 0.2) is 30.3 Å². The summed E-state index contributed by atoms with van der Waals surface area (Å²) < 4.78 is 4.83. The van der Waals surface area contributed by atoms with Gasteiger partial charge in [-0.2, -0.15) is 0 Å². The molecule has 0 aliphatic heterocycles. The minimum atomic E-state index is -0.998. The first-order chi connectivity index (χ1) is 8.03. The number of ether oxygens (including phenoxy) is 1. The van der Waals surface area contributed by atoms with Crippen molar-refractivity contribution in [2.45, 2.75) is 38.7 Å². The van der Waals surface area contributed by atoms with Gasteiger partial charge >= 0.3 is 5.97 Å². The number of carbonyl (C=O) groups excluding carboxylic acids is 1. The van der Waals surface area contributed by atoms with Crippen molar-refractivity contribution in [3.8, 4) is 0 Å². The van der Waals surface area contributed by atoms with E-state index in [9.17, 15) is 9.90 Å². The molecular formula is C14H20O3. The molecule has 17 heavy (non-hydrogen) atoms. The molecule has 1 aromatic rings. The van der Waals surface area contributed by atoms with E-state index in [1.165, 1.54) is 0 Å². The molecule has 0 fully saturated rings. The van der Waals surface area contributed by atoms with E-state index in [-0.39, 0.29) is 12.4 Å². The summed E-state index contributed by atoms with van der Waals surface area (Å²) in [5.74, 6) is -0.342. The lowest BCUT2D eigenvalue weighted by Crippen LogP contribution is -2.29. The Balaban J connectivity index is 2.41. The summed E-state index contributed by atoms with van der Waals surface area (Å²) in [6.07, 6.45) is 1.36. The van der Waals surface area contributed by atoms with Gasteiger partial charge in [-0.15, -0.1) is 0 Å². The van der Waals surface area contributed by atoms with Gasteiger partial charge in [-0.3, -0.25) is 4.79 Å². The first-order valence-electron chi connectivity index (χ1n) is 5.95. The van der Waals surface area contributed by atoms with Gasteiger partial charge < -0.3 is 9.84 Å². The third-order valence-corrected chi connectivity index (χ3v) is 2.63. The zero-order chi connectivity index (χ0) is 12.7. The molecule has 0 saturated carbocycles. The van der Waals surface area contributed by atoms with Crippen LogP contribution in [0, 0.1) is 0 Å². The molecule has 0 aliphatic rings. The lowest BCUT2D eigenvalue weighted by molar-refractivity contribution is -0.148. The van der Waals surface area contributed by atoms with Crippen molar-refractivity contribution < 1.29 is 14.6 Å². The molecule has 0 amide bonds. The highest BCUT2D eigenvalue weighted by Crippen LogP contribution is 2.18. The molecule has 1 atom stereocenters. The molecule has 3 heteroatoms. The number of aliphatic hydroxyl groups is 1. The van der Waals surface area contributed by atoms with Gasteiger partial charge in [0.25, 0.3) is 0 Å². The molecule has 0 saturated heterocycles. The second kappa shape index (κ2) is 6.40. The van der Waals surface area contributed by atoms with Crippen molar-refractivity contribution in [2.75, 3.05) is 6.61 Å². The standard InChI is InChI=1S/C14H20O3/c1-3-17-13(15)11-14(2,16)10-9-12-7-5-4-6-8-12/h4-8,16H,3,9-11H2,1-2H3/t14-/m0/s1. The number of hydrogen-bond donors (Lipinski definition) is 1. The zero-order valence-electron chi connectivity index (χ0n) is 10.5. The van der Waals surface area contributed by atoms with Crippen LogP contribution < -0.4 is 0 Å². The summed E-state index contributed by atoms with van der Waals surface area (Å²) in [4.78, 5) is 11.3. The Morgan fingerprint density at radius 3 is 2.59 bits per heavy atom. The molecule has 0 unspecified atom stereocenters. The molecular weight excluding hydrogens is 216 g/mol. The SMILES string of the molecule is CCOC(=O)C[C@@](C)(O)CCc1ccccc1. The predicted molar refractivity (Wildman–Crippen MR) is 66.6 cm³/mol. The molecule has 0 radical (unpaired) electrons. The second-order valence-corrected chi connectivity index (χ2v) is 4.46. The summed E-state index contributed by atoms with van der Waals surface area (Å²) in [5.41, 5.74) is 0.166. The Labute approximate surface area is 102 Å². The second-order valence-electron chi connectivity index (χ2n) is 4.46. The zero-order valence-corrected chi connectivity index (χ0v) is 10.5. The molecule has 1 aromatic carbocycles. The molecule has 94 valence electrons. The van der Waals surface area contributed by atoms with Gasteiger partial charge in [0, 0.05) is 0 Å². The Hall–Kier alpha value is -1.35. The van der Waals surface area contributed by atoms with Crippen molar-refractivity contribution in [1.29, 1.82) is 0 Å². The maximum atomic E-state index is 11.3. The van der Waals surface area contributed by atoms with Crippen molar-refractivity contribution in [3.63, 3.8) is 0 Å². The largest absolute Gasteiger partial charge is 0.466 e. The first-order valence-corrected chi connectivity index (χ1v) is 5.95. The van der Waals surface area contributed by atoms with Gasteiger partial charge in [0.2, 0.25) is 0 Å². The molecule has 0 heterocycles. The molecule has 1 rings (SSSR count). The fraction of sp³-hybridized carbons (Fsp3) is 0.500. The van der Waals surface area contributed by atoms with E-state index in [4.69, 9.17) is 4.74 Å². The Bertz CT molecular complexity index is 344. The minimum Gasteiger partial charge on any atom is -0.466 e.